The van der Waals surface area contributed by atoms with Crippen molar-refractivity contribution < 1.29 is 15.6 Å². The second-order valence-corrected chi connectivity index (χ2v) is 10.3. The van der Waals surface area contributed by atoms with Gasteiger partial charge in [0.2, 0.25) is 0 Å². The Kier molecular flexibility index (Phi) is 0.865. The van der Waals surface area contributed by atoms with E-state index in [0.29, 0.717) is 0 Å². The monoisotopic (exact) mass is 144 g/mol. The third-order valence-electron chi connectivity index (χ3n) is 0. The Morgan fingerprint density at radius 3 is 0.571 bits per heavy atom. The SMILES string of the molecule is [NH2][Ti]([NH2])([NH2])([NH2])([NH2])[NH2]. The van der Waals surface area contributed by atoms with Crippen molar-refractivity contribution in [3.05, 3.63) is 0 Å². The van der Waals surface area contributed by atoms with Gasteiger partial charge in [0, 0.05) is 0 Å². The van der Waals surface area contributed by atoms with Gasteiger partial charge in [-0.2, -0.15) is 0 Å². The van der Waals surface area contributed by atoms with Crippen molar-refractivity contribution in [1.82, 2.24) is 0 Å². The third-order valence-corrected chi connectivity index (χ3v) is 0. The van der Waals surface area contributed by atoms with Crippen LogP contribution in [0.3, 0.4) is 0 Å². The Morgan fingerprint density at radius 1 is 0.571 bits per heavy atom. The summed E-state index contributed by atoms with van der Waals surface area (Å²) in [7, 11) is 0. The van der Waals surface area contributed by atoms with Crippen LogP contribution in [0.15, 0.2) is 0 Å². The minimum atomic E-state index is -5.17. The van der Waals surface area contributed by atoms with E-state index in [-0.39, 0.29) is 0 Å². The van der Waals surface area contributed by atoms with Gasteiger partial charge >= 0.3 is 40.9 Å². The maximum atomic E-state index is 4.92. The second-order valence-electron chi connectivity index (χ2n) is 2.50. The van der Waals surface area contributed by atoms with Crippen molar-refractivity contribution in [2.75, 3.05) is 0 Å². The Balaban J connectivity index is 4.43. The molecule has 0 unspecified atom stereocenters. The summed E-state index contributed by atoms with van der Waals surface area (Å²) in [6.45, 7) is 0. The van der Waals surface area contributed by atoms with Crippen molar-refractivity contribution in [3.63, 3.8) is 0 Å². The molecule has 6 nitrogen and oxygen atoms in total. The van der Waals surface area contributed by atoms with Crippen molar-refractivity contribution >= 4 is 0 Å². The molecule has 0 bridgehead atoms. The van der Waals surface area contributed by atoms with Gasteiger partial charge in [-0.15, -0.1) is 0 Å². The molecular formula is H12N6Ti. The maximum absolute atomic E-state index is 5.17. The molecule has 0 saturated heterocycles. The molecule has 0 rings (SSSR count). The molecule has 0 amide bonds. The minimum absolute atomic E-state index is 4.92. The van der Waals surface area contributed by atoms with E-state index in [1.165, 1.54) is 0 Å². The molecule has 0 saturated carbocycles. The first-order valence-corrected chi connectivity index (χ1v) is 7.14. The Morgan fingerprint density at radius 2 is 0.571 bits per heavy atom. The van der Waals surface area contributed by atoms with E-state index in [9.17, 15) is 0 Å². The first-order chi connectivity index (χ1) is 2.45. The molecule has 0 aliphatic heterocycles. The van der Waals surface area contributed by atoms with Crippen LogP contribution in [-0.2, 0) is 15.6 Å². The topological polar surface area (TPSA) is 156 Å². The molecular weight excluding hydrogens is 132 g/mol. The molecule has 46 valence electrons. The Bertz CT molecular complexity index is 62.7. The summed E-state index contributed by atoms with van der Waals surface area (Å²) in [5.41, 5.74) is 0. The van der Waals surface area contributed by atoms with Gasteiger partial charge in [0.1, 0.15) is 0 Å². The van der Waals surface area contributed by atoms with Gasteiger partial charge in [0.25, 0.3) is 0 Å². The molecule has 0 aliphatic rings. The molecule has 0 aromatic heterocycles. The number of hydrogen-bond acceptors (Lipinski definition) is 6. The fourth-order valence-corrected chi connectivity index (χ4v) is 0. The van der Waals surface area contributed by atoms with Gasteiger partial charge in [-0.05, 0) is 0 Å². The fourth-order valence-electron chi connectivity index (χ4n) is 0. The van der Waals surface area contributed by atoms with Gasteiger partial charge in [-0.3, -0.25) is 0 Å². The van der Waals surface area contributed by atoms with Gasteiger partial charge in [-0.1, -0.05) is 0 Å². The molecule has 0 radical (unpaired) electrons. The number of rotatable bonds is 0. The molecule has 0 aromatic rings. The molecule has 7 heteroatoms. The zero-order valence-corrected chi connectivity index (χ0v) is 5.53. The van der Waals surface area contributed by atoms with E-state index in [0.717, 1.165) is 0 Å². The summed E-state index contributed by atoms with van der Waals surface area (Å²) in [6.07, 6.45) is 0. The van der Waals surface area contributed by atoms with Crippen molar-refractivity contribution in [2.45, 2.75) is 0 Å². The van der Waals surface area contributed by atoms with E-state index in [2.05, 4.69) is 0 Å². The summed E-state index contributed by atoms with van der Waals surface area (Å²) >= 11 is -5.17. The second kappa shape index (κ2) is 0.810. The first-order valence-electron chi connectivity index (χ1n) is 1.73. The van der Waals surface area contributed by atoms with Crippen molar-refractivity contribution in [1.29, 1.82) is 0 Å². The van der Waals surface area contributed by atoms with Crippen LogP contribution in [0.2, 0.25) is 0 Å². The molecule has 0 aliphatic carbocycles. The van der Waals surface area contributed by atoms with E-state index < -0.39 is 15.6 Å². The summed E-state index contributed by atoms with van der Waals surface area (Å²) in [5.74, 6) is 0. The van der Waals surface area contributed by atoms with Crippen LogP contribution in [0.5, 0.6) is 0 Å². The summed E-state index contributed by atoms with van der Waals surface area (Å²) in [5, 5.41) is 0. The van der Waals surface area contributed by atoms with Crippen LogP contribution in [-0.4, -0.2) is 0 Å². The van der Waals surface area contributed by atoms with E-state index in [1.807, 2.05) is 0 Å². The Hall–Kier alpha value is 0.474. The van der Waals surface area contributed by atoms with E-state index in [1.54, 1.807) is 0 Å². The summed E-state index contributed by atoms with van der Waals surface area (Å²) in [6, 6.07) is 0. The van der Waals surface area contributed by atoms with Gasteiger partial charge in [0.05, 0.1) is 0 Å². The molecule has 12 N–H and O–H groups in total. The molecule has 0 atom stereocenters. The molecule has 0 aromatic carbocycles. The van der Waals surface area contributed by atoms with Gasteiger partial charge in [-0.25, -0.2) is 0 Å². The quantitative estimate of drug-likeness (QED) is 0.193. The summed E-state index contributed by atoms with van der Waals surface area (Å²) in [4.78, 5) is 0. The van der Waals surface area contributed by atoms with Gasteiger partial charge in [0.15, 0.2) is 0 Å². The third kappa shape index (κ3) is 576. The first kappa shape index (κ1) is 7.47. The standard InChI is InChI=1S/6H2N.Ti/h6*1H2;/q6*-1;+6. The predicted octanol–water partition coefficient (Wildman–Crippen LogP) is -3.55. The summed E-state index contributed by atoms with van der Waals surface area (Å²) < 4.78 is 29.5. The molecule has 0 spiro atoms. The van der Waals surface area contributed by atoms with Crippen LogP contribution in [0, 0.1) is 0 Å². The van der Waals surface area contributed by atoms with Crippen molar-refractivity contribution in [3.8, 4) is 0 Å². The molecule has 7 heavy (non-hydrogen) atoms. The zero-order valence-electron chi connectivity index (χ0n) is 3.96. The van der Waals surface area contributed by atoms with Crippen LogP contribution < -0.4 is 25.3 Å². The van der Waals surface area contributed by atoms with E-state index >= 15 is 0 Å². The van der Waals surface area contributed by atoms with Gasteiger partial charge < -0.3 is 0 Å². The number of hydrogen-bond donors (Lipinski definition) is 6. The normalized spacial score (nSPS) is 23.1. The predicted molar refractivity (Wildman–Crippen MR) is 25.1 cm³/mol. The average molecular weight is 144 g/mol. The number of nitrogens with two attached hydrogens (primary N) is 6. The molecule has 0 fully saturated rings. The van der Waals surface area contributed by atoms with Crippen LogP contribution in [0.4, 0.5) is 0 Å². The van der Waals surface area contributed by atoms with Crippen molar-refractivity contribution in [2.24, 2.45) is 25.3 Å². The van der Waals surface area contributed by atoms with Crippen LogP contribution in [0.1, 0.15) is 0 Å². The fraction of sp³-hybridized carbons (Fsp3) is 0. The van der Waals surface area contributed by atoms with Crippen LogP contribution in [0.25, 0.3) is 0 Å². The van der Waals surface area contributed by atoms with E-state index in [4.69, 9.17) is 25.3 Å². The Labute approximate surface area is 41.4 Å². The van der Waals surface area contributed by atoms with Crippen LogP contribution >= 0.6 is 0 Å². The zero-order chi connectivity index (χ0) is 6.41. The average Bonchev–Trinajstić information content (AvgIpc) is 0.592. The molecule has 0 heterocycles.